The van der Waals surface area contributed by atoms with Gasteiger partial charge in [0.2, 0.25) is 0 Å². The summed E-state index contributed by atoms with van der Waals surface area (Å²) < 4.78 is 11.4. The van der Waals surface area contributed by atoms with Gasteiger partial charge in [0.1, 0.15) is 18.5 Å². The van der Waals surface area contributed by atoms with Crippen molar-refractivity contribution in [2.75, 3.05) is 26.3 Å². The first-order valence-corrected chi connectivity index (χ1v) is 9.42. The maximum Gasteiger partial charge on any atom is 0.119 e. The molecule has 5 heteroatoms. The van der Waals surface area contributed by atoms with Crippen molar-refractivity contribution in [1.29, 1.82) is 5.26 Å². The van der Waals surface area contributed by atoms with Crippen LogP contribution in [0.5, 0.6) is 5.75 Å². The number of benzene rings is 2. The zero-order valence-corrected chi connectivity index (χ0v) is 15.5. The lowest BCUT2D eigenvalue weighted by atomic mass is 10.1. The van der Waals surface area contributed by atoms with Crippen LogP contribution >= 0.6 is 0 Å². The summed E-state index contributed by atoms with van der Waals surface area (Å²) in [6, 6.07) is 19.3. The van der Waals surface area contributed by atoms with Gasteiger partial charge < -0.3 is 14.6 Å². The molecular formula is C22H26N2O3. The summed E-state index contributed by atoms with van der Waals surface area (Å²) in [5.74, 6) is 0.654. The summed E-state index contributed by atoms with van der Waals surface area (Å²) in [5, 5.41) is 19.3. The van der Waals surface area contributed by atoms with E-state index in [1.165, 1.54) is 5.56 Å². The smallest absolute Gasteiger partial charge is 0.119 e. The van der Waals surface area contributed by atoms with Crippen LogP contribution in [-0.4, -0.2) is 48.5 Å². The molecule has 5 nitrogen and oxygen atoms in total. The van der Waals surface area contributed by atoms with Gasteiger partial charge in [0.25, 0.3) is 0 Å². The maximum atomic E-state index is 10.5. The van der Waals surface area contributed by atoms with Crippen LogP contribution < -0.4 is 4.74 Å². The number of aliphatic hydroxyl groups is 1. The third-order valence-electron chi connectivity index (χ3n) is 4.63. The highest BCUT2D eigenvalue weighted by molar-refractivity contribution is 5.34. The monoisotopic (exact) mass is 366 g/mol. The Morgan fingerprint density at radius 2 is 1.96 bits per heavy atom. The Morgan fingerprint density at radius 1 is 1.19 bits per heavy atom. The molecule has 1 N–H and O–H groups in total. The predicted octanol–water partition coefficient (Wildman–Crippen LogP) is 2.98. The van der Waals surface area contributed by atoms with Gasteiger partial charge in [-0.3, -0.25) is 4.90 Å². The molecular weight excluding hydrogens is 340 g/mol. The average Bonchev–Trinajstić information content (AvgIpc) is 3.20. The molecule has 1 heterocycles. The second kappa shape index (κ2) is 10.1. The summed E-state index contributed by atoms with van der Waals surface area (Å²) in [5.41, 5.74) is 1.81. The number of nitriles is 1. The van der Waals surface area contributed by atoms with Gasteiger partial charge in [-0.15, -0.1) is 0 Å². The number of hydrogen-bond donors (Lipinski definition) is 1. The lowest BCUT2D eigenvalue weighted by molar-refractivity contribution is 0.0313. The zero-order chi connectivity index (χ0) is 18.9. The normalized spacial score (nSPS) is 17.6. The van der Waals surface area contributed by atoms with Gasteiger partial charge in [-0.1, -0.05) is 30.3 Å². The molecule has 1 fully saturated rings. The first kappa shape index (κ1) is 19.4. The van der Waals surface area contributed by atoms with Gasteiger partial charge in [-0.2, -0.15) is 5.26 Å². The lowest BCUT2D eigenvalue weighted by Crippen LogP contribution is -2.39. The molecule has 0 radical (unpaired) electrons. The Bertz CT molecular complexity index is 721. The van der Waals surface area contributed by atoms with Gasteiger partial charge in [0, 0.05) is 26.2 Å². The Balaban J connectivity index is 1.53. The third kappa shape index (κ3) is 6.37. The second-order valence-corrected chi connectivity index (χ2v) is 6.92. The number of ether oxygens (including phenoxy) is 2. The van der Waals surface area contributed by atoms with Crippen LogP contribution in [0, 0.1) is 11.3 Å². The van der Waals surface area contributed by atoms with E-state index in [-0.39, 0.29) is 12.7 Å². The molecule has 0 bridgehead atoms. The van der Waals surface area contributed by atoms with E-state index in [0.29, 0.717) is 17.9 Å². The molecule has 1 aliphatic heterocycles. The maximum absolute atomic E-state index is 10.5. The van der Waals surface area contributed by atoms with Crippen LogP contribution in [0.3, 0.4) is 0 Å². The Morgan fingerprint density at radius 3 is 2.63 bits per heavy atom. The fourth-order valence-electron chi connectivity index (χ4n) is 3.29. The quantitative estimate of drug-likeness (QED) is 0.739. The highest BCUT2D eigenvalue weighted by Gasteiger charge is 2.21. The highest BCUT2D eigenvalue weighted by atomic mass is 16.5. The van der Waals surface area contributed by atoms with Crippen molar-refractivity contribution >= 4 is 0 Å². The van der Waals surface area contributed by atoms with Crippen LogP contribution in [0.1, 0.15) is 24.0 Å². The fraction of sp³-hybridized carbons (Fsp3) is 0.409. The molecule has 2 aromatic rings. The SMILES string of the molecule is N#Cc1ccc(OCC(O)CN(Cc2ccccc2)CC2CCCO2)cc1. The molecule has 2 aromatic carbocycles. The standard InChI is InChI=1S/C22H26N2O3/c23-13-18-8-10-21(11-9-18)27-17-20(25)15-24(16-22-7-4-12-26-22)14-19-5-2-1-3-6-19/h1-3,5-6,8-11,20,22,25H,4,7,12,14-17H2. The summed E-state index contributed by atoms with van der Waals surface area (Å²) in [6.07, 6.45) is 1.81. The molecule has 142 valence electrons. The van der Waals surface area contributed by atoms with Gasteiger partial charge in [0.05, 0.1) is 17.7 Å². The van der Waals surface area contributed by atoms with Crippen molar-refractivity contribution < 1.29 is 14.6 Å². The molecule has 2 unspecified atom stereocenters. The average molecular weight is 366 g/mol. The highest BCUT2D eigenvalue weighted by Crippen LogP contribution is 2.16. The van der Waals surface area contributed by atoms with E-state index in [9.17, 15) is 5.11 Å². The van der Waals surface area contributed by atoms with Gasteiger partial charge >= 0.3 is 0 Å². The second-order valence-electron chi connectivity index (χ2n) is 6.92. The number of hydrogen-bond acceptors (Lipinski definition) is 5. The van der Waals surface area contributed by atoms with Crippen LogP contribution in [0.4, 0.5) is 0 Å². The van der Waals surface area contributed by atoms with E-state index >= 15 is 0 Å². The molecule has 0 aromatic heterocycles. The van der Waals surface area contributed by atoms with Gasteiger partial charge in [-0.25, -0.2) is 0 Å². The molecule has 0 amide bonds. The molecule has 1 saturated heterocycles. The lowest BCUT2D eigenvalue weighted by Gasteiger charge is -2.27. The van der Waals surface area contributed by atoms with Crippen LogP contribution in [-0.2, 0) is 11.3 Å². The Hall–Kier alpha value is -2.39. The van der Waals surface area contributed by atoms with Crippen LogP contribution in [0.2, 0.25) is 0 Å². The Kier molecular flexibility index (Phi) is 7.23. The van der Waals surface area contributed by atoms with E-state index in [1.54, 1.807) is 24.3 Å². The van der Waals surface area contributed by atoms with Crippen LogP contribution in [0.25, 0.3) is 0 Å². The van der Waals surface area contributed by atoms with Crippen molar-refractivity contribution in [1.82, 2.24) is 4.90 Å². The molecule has 3 rings (SSSR count). The van der Waals surface area contributed by atoms with Crippen molar-refractivity contribution in [3.8, 4) is 11.8 Å². The summed E-state index contributed by atoms with van der Waals surface area (Å²) in [4.78, 5) is 2.23. The molecule has 27 heavy (non-hydrogen) atoms. The van der Waals surface area contributed by atoms with E-state index in [4.69, 9.17) is 14.7 Å². The summed E-state index contributed by atoms with van der Waals surface area (Å²) >= 11 is 0. The molecule has 0 aliphatic carbocycles. The Labute approximate surface area is 160 Å². The molecule has 0 spiro atoms. The van der Waals surface area contributed by atoms with Crippen molar-refractivity contribution in [3.63, 3.8) is 0 Å². The van der Waals surface area contributed by atoms with Crippen molar-refractivity contribution in [3.05, 3.63) is 65.7 Å². The first-order valence-electron chi connectivity index (χ1n) is 9.42. The number of aliphatic hydroxyl groups excluding tert-OH is 1. The summed E-state index contributed by atoms with van der Waals surface area (Å²) in [7, 11) is 0. The third-order valence-corrected chi connectivity index (χ3v) is 4.63. The van der Waals surface area contributed by atoms with E-state index in [1.807, 2.05) is 18.2 Å². The van der Waals surface area contributed by atoms with E-state index in [2.05, 4.69) is 23.1 Å². The van der Waals surface area contributed by atoms with E-state index < -0.39 is 6.10 Å². The minimum absolute atomic E-state index is 0.211. The minimum Gasteiger partial charge on any atom is -0.491 e. The van der Waals surface area contributed by atoms with Crippen molar-refractivity contribution in [2.45, 2.75) is 31.6 Å². The van der Waals surface area contributed by atoms with Gasteiger partial charge in [-0.05, 0) is 42.7 Å². The minimum atomic E-state index is -0.606. The largest absolute Gasteiger partial charge is 0.491 e. The summed E-state index contributed by atoms with van der Waals surface area (Å²) in [6.45, 7) is 3.14. The number of rotatable bonds is 9. The molecule has 1 aliphatic rings. The van der Waals surface area contributed by atoms with Crippen LogP contribution in [0.15, 0.2) is 54.6 Å². The number of nitrogens with zero attached hydrogens (tertiary/aromatic N) is 2. The first-order chi connectivity index (χ1) is 13.2. The van der Waals surface area contributed by atoms with Crippen molar-refractivity contribution in [2.24, 2.45) is 0 Å². The van der Waals surface area contributed by atoms with E-state index in [0.717, 1.165) is 32.5 Å². The molecule has 2 atom stereocenters. The van der Waals surface area contributed by atoms with Gasteiger partial charge in [0.15, 0.2) is 0 Å². The topological polar surface area (TPSA) is 65.7 Å². The predicted molar refractivity (Wildman–Crippen MR) is 103 cm³/mol. The molecule has 0 saturated carbocycles. The zero-order valence-electron chi connectivity index (χ0n) is 15.5. The fourth-order valence-corrected chi connectivity index (χ4v) is 3.29.